The summed E-state index contributed by atoms with van der Waals surface area (Å²) in [7, 11) is 0. The molecule has 0 radical (unpaired) electrons. The van der Waals surface area contributed by atoms with Gasteiger partial charge in [0.2, 0.25) is 5.91 Å². The SMILES string of the molecule is CC1(NC(=O)OC2CC[C@H](c3cc(NC(=O)Cc4cc(C(F)(F)F)ccn4)n[nH]3)C2)CC1. The molecular weight excluding hydrogens is 427 g/mol. The summed E-state index contributed by atoms with van der Waals surface area (Å²) in [5, 5.41) is 12.4. The first-order valence-electron chi connectivity index (χ1n) is 10.5. The molecule has 0 aliphatic heterocycles. The highest BCUT2D eigenvalue weighted by Crippen LogP contribution is 2.37. The van der Waals surface area contributed by atoms with Gasteiger partial charge in [0.25, 0.3) is 0 Å². The summed E-state index contributed by atoms with van der Waals surface area (Å²) in [6.07, 6.45) is -0.244. The maximum absolute atomic E-state index is 12.8. The van der Waals surface area contributed by atoms with E-state index < -0.39 is 23.7 Å². The van der Waals surface area contributed by atoms with Gasteiger partial charge in [-0.05, 0) is 51.2 Å². The minimum Gasteiger partial charge on any atom is -0.446 e. The van der Waals surface area contributed by atoms with E-state index in [9.17, 15) is 22.8 Å². The van der Waals surface area contributed by atoms with Crippen LogP contribution in [0.2, 0.25) is 0 Å². The van der Waals surface area contributed by atoms with Crippen LogP contribution in [0.1, 0.15) is 61.9 Å². The number of carbonyl (C=O) groups excluding carboxylic acids is 2. The minimum absolute atomic E-state index is 0.0159. The van der Waals surface area contributed by atoms with Crippen molar-refractivity contribution in [2.75, 3.05) is 5.32 Å². The minimum atomic E-state index is -4.50. The molecule has 2 saturated carbocycles. The fourth-order valence-electron chi connectivity index (χ4n) is 3.78. The average molecular weight is 451 g/mol. The number of pyridine rings is 1. The van der Waals surface area contributed by atoms with Crippen LogP contribution in [-0.2, 0) is 22.1 Å². The maximum atomic E-state index is 12.8. The van der Waals surface area contributed by atoms with Crippen LogP contribution in [0.3, 0.4) is 0 Å². The van der Waals surface area contributed by atoms with Gasteiger partial charge in [-0.15, -0.1) is 0 Å². The van der Waals surface area contributed by atoms with Gasteiger partial charge in [-0.25, -0.2) is 4.79 Å². The number of anilines is 1. The van der Waals surface area contributed by atoms with Crippen LogP contribution in [0.5, 0.6) is 0 Å². The highest BCUT2D eigenvalue weighted by molar-refractivity contribution is 5.91. The van der Waals surface area contributed by atoms with Crippen molar-refractivity contribution in [3.63, 3.8) is 0 Å². The first-order valence-corrected chi connectivity index (χ1v) is 10.5. The summed E-state index contributed by atoms with van der Waals surface area (Å²) in [5.41, 5.74) is -0.162. The molecule has 32 heavy (non-hydrogen) atoms. The lowest BCUT2D eigenvalue weighted by Gasteiger charge is -2.16. The molecule has 0 aromatic carbocycles. The standard InChI is InChI=1S/C21H24F3N5O3/c1-20(5-6-20)27-19(31)32-15-3-2-12(8-15)16-11-17(29-28-16)26-18(30)10-14-9-13(4-7-25-14)21(22,23)24/h4,7,9,11-12,15H,2-3,5-6,8,10H2,1H3,(H,27,31)(H2,26,28,29,30)/t12-,15?/m0/s1. The van der Waals surface area contributed by atoms with Gasteiger partial charge in [0.1, 0.15) is 6.10 Å². The number of hydrogen-bond acceptors (Lipinski definition) is 5. The Bertz CT molecular complexity index is 1000. The number of rotatable bonds is 6. The van der Waals surface area contributed by atoms with Gasteiger partial charge < -0.3 is 15.4 Å². The molecule has 0 bridgehead atoms. The number of nitrogens with zero attached hydrogens (tertiary/aromatic N) is 2. The second-order valence-electron chi connectivity index (χ2n) is 8.69. The van der Waals surface area contributed by atoms with Crippen LogP contribution in [-0.4, -0.2) is 38.8 Å². The number of aromatic nitrogens is 3. The fraction of sp³-hybridized carbons (Fsp3) is 0.524. The Balaban J connectivity index is 1.27. The van der Waals surface area contributed by atoms with E-state index in [4.69, 9.17) is 4.74 Å². The fourth-order valence-corrected chi connectivity index (χ4v) is 3.78. The van der Waals surface area contributed by atoms with Crippen LogP contribution in [0.15, 0.2) is 24.4 Å². The van der Waals surface area contributed by atoms with Crippen molar-refractivity contribution in [2.24, 2.45) is 0 Å². The lowest BCUT2D eigenvalue weighted by Crippen LogP contribution is -2.36. The molecule has 2 amide bonds. The van der Waals surface area contributed by atoms with Crippen LogP contribution < -0.4 is 10.6 Å². The second-order valence-corrected chi connectivity index (χ2v) is 8.69. The third-order valence-corrected chi connectivity index (χ3v) is 5.85. The quantitative estimate of drug-likeness (QED) is 0.617. The molecule has 3 N–H and O–H groups in total. The summed E-state index contributed by atoms with van der Waals surface area (Å²) in [4.78, 5) is 28.0. The highest BCUT2D eigenvalue weighted by Gasteiger charge is 2.40. The predicted molar refractivity (Wildman–Crippen MR) is 108 cm³/mol. The molecule has 4 rings (SSSR count). The van der Waals surface area contributed by atoms with E-state index in [-0.39, 0.29) is 35.5 Å². The number of carbonyl (C=O) groups is 2. The Morgan fingerprint density at radius 3 is 2.78 bits per heavy atom. The van der Waals surface area contributed by atoms with Crippen LogP contribution in [0, 0.1) is 0 Å². The summed E-state index contributed by atoms with van der Waals surface area (Å²) in [6.45, 7) is 1.98. The Labute approximate surface area is 182 Å². The van der Waals surface area contributed by atoms with Gasteiger partial charge in [-0.2, -0.15) is 18.3 Å². The second kappa shape index (κ2) is 8.44. The number of alkyl halides is 3. The number of H-pyrrole nitrogens is 1. The summed E-state index contributed by atoms with van der Waals surface area (Å²) in [6, 6.07) is 3.40. The van der Waals surface area contributed by atoms with Crippen molar-refractivity contribution >= 4 is 17.8 Å². The number of hydrogen-bond donors (Lipinski definition) is 3. The van der Waals surface area contributed by atoms with E-state index in [0.717, 1.165) is 49.7 Å². The topological polar surface area (TPSA) is 109 Å². The van der Waals surface area contributed by atoms with E-state index in [1.54, 1.807) is 6.07 Å². The number of halogens is 3. The zero-order valence-electron chi connectivity index (χ0n) is 17.5. The van der Waals surface area contributed by atoms with Gasteiger partial charge in [-0.3, -0.25) is 14.9 Å². The van der Waals surface area contributed by atoms with E-state index >= 15 is 0 Å². The van der Waals surface area contributed by atoms with Crippen molar-refractivity contribution < 1.29 is 27.5 Å². The van der Waals surface area contributed by atoms with Gasteiger partial charge in [0.15, 0.2) is 5.82 Å². The van der Waals surface area contributed by atoms with Crippen LogP contribution in [0.4, 0.5) is 23.8 Å². The number of amides is 2. The molecule has 1 unspecified atom stereocenters. The summed E-state index contributed by atoms with van der Waals surface area (Å²) in [5.74, 6) is -0.138. The molecule has 0 spiro atoms. The number of ether oxygens (including phenoxy) is 1. The lowest BCUT2D eigenvalue weighted by atomic mass is 10.0. The zero-order valence-corrected chi connectivity index (χ0v) is 17.5. The third-order valence-electron chi connectivity index (χ3n) is 5.85. The molecule has 2 aliphatic carbocycles. The summed E-state index contributed by atoms with van der Waals surface area (Å²) >= 11 is 0. The van der Waals surface area contributed by atoms with Crippen molar-refractivity contribution in [3.8, 4) is 0 Å². The molecule has 11 heteroatoms. The molecular formula is C21H24F3N5O3. The Kier molecular flexibility index (Phi) is 5.83. The monoisotopic (exact) mass is 451 g/mol. The molecule has 2 heterocycles. The van der Waals surface area contributed by atoms with Crippen molar-refractivity contribution in [1.82, 2.24) is 20.5 Å². The Hall–Kier alpha value is -3.11. The van der Waals surface area contributed by atoms with E-state index in [1.165, 1.54) is 0 Å². The van der Waals surface area contributed by atoms with E-state index in [0.29, 0.717) is 6.42 Å². The Morgan fingerprint density at radius 2 is 2.06 bits per heavy atom. The Morgan fingerprint density at radius 1 is 1.28 bits per heavy atom. The maximum Gasteiger partial charge on any atom is 0.416 e. The average Bonchev–Trinajstić information content (AvgIpc) is 3.07. The smallest absolute Gasteiger partial charge is 0.416 e. The molecule has 172 valence electrons. The molecule has 2 fully saturated rings. The third kappa shape index (κ3) is 5.57. The van der Waals surface area contributed by atoms with Crippen molar-refractivity contribution in [3.05, 3.63) is 41.3 Å². The predicted octanol–water partition coefficient (Wildman–Crippen LogP) is 3.92. The van der Waals surface area contributed by atoms with Crippen molar-refractivity contribution in [1.29, 1.82) is 0 Å². The number of alkyl carbamates (subject to hydrolysis) is 1. The van der Waals surface area contributed by atoms with Gasteiger partial charge in [0, 0.05) is 29.4 Å². The first-order chi connectivity index (χ1) is 15.1. The largest absolute Gasteiger partial charge is 0.446 e. The lowest BCUT2D eigenvalue weighted by molar-refractivity contribution is -0.137. The van der Waals surface area contributed by atoms with E-state index in [1.807, 2.05) is 6.92 Å². The molecule has 2 aliphatic rings. The molecule has 2 aromatic heterocycles. The van der Waals surface area contributed by atoms with Crippen molar-refractivity contribution in [2.45, 2.75) is 69.2 Å². The zero-order chi connectivity index (χ0) is 22.9. The molecule has 2 aromatic rings. The van der Waals surface area contributed by atoms with Gasteiger partial charge >= 0.3 is 12.3 Å². The van der Waals surface area contributed by atoms with Crippen LogP contribution >= 0.6 is 0 Å². The normalized spacial score (nSPS) is 21.8. The van der Waals surface area contributed by atoms with E-state index in [2.05, 4.69) is 25.8 Å². The molecule has 8 nitrogen and oxygen atoms in total. The molecule has 0 saturated heterocycles. The molecule has 2 atom stereocenters. The highest BCUT2D eigenvalue weighted by atomic mass is 19.4. The van der Waals surface area contributed by atoms with Gasteiger partial charge in [-0.1, -0.05) is 0 Å². The number of nitrogens with one attached hydrogen (secondary N) is 3. The first kappa shape index (κ1) is 22.1. The van der Waals surface area contributed by atoms with Crippen LogP contribution in [0.25, 0.3) is 0 Å². The summed E-state index contributed by atoms with van der Waals surface area (Å²) < 4.78 is 43.9. The number of aromatic amines is 1. The van der Waals surface area contributed by atoms with Gasteiger partial charge in [0.05, 0.1) is 17.7 Å².